The largest absolute Gasteiger partial charge is 0.743 e. The summed E-state index contributed by atoms with van der Waals surface area (Å²) in [6.07, 6.45) is -21.0. The van der Waals surface area contributed by atoms with Gasteiger partial charge in [-0.15, -0.1) is 4.94 Å². The van der Waals surface area contributed by atoms with Gasteiger partial charge in [-0.05, 0) is 49.6 Å². The molecule has 0 aromatic heterocycles. The Morgan fingerprint density at radius 3 is 1.39 bits per heavy atom. The van der Waals surface area contributed by atoms with Crippen molar-refractivity contribution in [1.29, 1.82) is 0 Å². The first-order valence-electron chi connectivity index (χ1n) is 11.7. The molecule has 0 unspecified atom stereocenters. The third kappa shape index (κ3) is 7.64. The van der Waals surface area contributed by atoms with Crippen molar-refractivity contribution >= 4 is 21.0 Å². The van der Waals surface area contributed by atoms with E-state index in [0.717, 1.165) is 4.94 Å². The van der Waals surface area contributed by atoms with Gasteiger partial charge in [0, 0.05) is 11.1 Å². The van der Waals surface area contributed by atoms with Crippen LogP contribution in [-0.4, -0.2) is 42.5 Å². The standard InChI is InChI=1S/C21H21S.C5HF11O5S/c1-16-14-17(2)21(18(3)15-16)22(19-10-6-4-7-11-19)20-12-8-5-9-13-20;6-1(7,5(14,15)22(17,18)19)2(8,9)20-3(10,11)4(12,13)21-16/h4-15H,1-3H3;(H,17,18,19)/q+1;/p-1. The average molecular weight is 687 g/mol. The van der Waals surface area contributed by atoms with Crippen molar-refractivity contribution in [3.05, 3.63) is 89.5 Å². The molecule has 0 radical (unpaired) electrons. The van der Waals surface area contributed by atoms with Crippen LogP contribution in [0.2, 0.25) is 0 Å². The van der Waals surface area contributed by atoms with Gasteiger partial charge in [0.05, 0.1) is 10.9 Å². The number of ether oxygens (including phenoxy) is 1. The fourth-order valence-corrected chi connectivity index (χ4v) is 6.43. The molecule has 0 saturated carbocycles. The van der Waals surface area contributed by atoms with Gasteiger partial charge >= 0.3 is 29.5 Å². The van der Waals surface area contributed by atoms with Crippen molar-refractivity contribution < 1.29 is 71.1 Å². The molecule has 0 atom stereocenters. The van der Waals surface area contributed by atoms with Crippen LogP contribution >= 0.6 is 0 Å². The van der Waals surface area contributed by atoms with Crippen molar-refractivity contribution in [2.24, 2.45) is 0 Å². The summed E-state index contributed by atoms with van der Waals surface area (Å²) in [5, 5.41) is -7.24. The molecule has 0 N–H and O–H groups in total. The van der Waals surface area contributed by atoms with Crippen LogP contribution in [0.3, 0.4) is 0 Å². The number of hydrogen-bond donors (Lipinski definition) is 0. The Hall–Kier alpha value is -2.93. The molecule has 5 nitrogen and oxygen atoms in total. The number of alkyl halides is 10. The lowest BCUT2D eigenvalue weighted by molar-refractivity contribution is -0.534. The zero-order valence-corrected chi connectivity index (χ0v) is 24.1. The SMILES string of the molecule is Cc1cc(C)c([S+](c2ccccc2)c2ccccc2)c(C)c1.O=S(=O)([O-])C(F)(F)C(F)(F)C(F)(F)OC(F)(F)C(F)(F)OF. The summed E-state index contributed by atoms with van der Waals surface area (Å²) in [5.41, 5.74) is 4.10. The monoisotopic (exact) mass is 686 g/mol. The zero-order chi connectivity index (χ0) is 33.9. The van der Waals surface area contributed by atoms with Crippen molar-refractivity contribution in [3.8, 4) is 0 Å². The van der Waals surface area contributed by atoms with E-state index >= 15 is 0 Å². The third-order valence-electron chi connectivity index (χ3n) is 5.50. The molecule has 0 heterocycles. The first-order valence-corrected chi connectivity index (χ1v) is 14.3. The van der Waals surface area contributed by atoms with Crippen LogP contribution in [0.25, 0.3) is 0 Å². The number of hydrogen-bond acceptors (Lipinski definition) is 5. The van der Waals surface area contributed by atoms with Crippen molar-refractivity contribution in [1.82, 2.24) is 0 Å². The Bertz CT molecular complexity index is 1460. The second-order valence-corrected chi connectivity index (χ2v) is 12.3. The fraction of sp³-hybridized carbons (Fsp3) is 0.308. The maximum absolute atomic E-state index is 12.6. The van der Waals surface area contributed by atoms with Crippen LogP contribution in [0.15, 0.2) is 87.5 Å². The van der Waals surface area contributed by atoms with E-state index in [1.165, 1.54) is 36.1 Å². The van der Waals surface area contributed by atoms with E-state index in [2.05, 4.69) is 93.6 Å². The molecule has 244 valence electrons. The molecule has 0 fully saturated rings. The van der Waals surface area contributed by atoms with Gasteiger partial charge in [-0.25, -0.2) is 13.2 Å². The Morgan fingerprint density at radius 1 is 0.659 bits per heavy atom. The quantitative estimate of drug-likeness (QED) is 0.122. The Morgan fingerprint density at radius 2 is 1.05 bits per heavy atom. The molecule has 0 aliphatic carbocycles. The van der Waals surface area contributed by atoms with E-state index in [1.54, 1.807) is 0 Å². The third-order valence-corrected chi connectivity index (χ3v) is 8.93. The van der Waals surface area contributed by atoms with Crippen molar-refractivity contribution in [3.63, 3.8) is 0 Å². The predicted molar refractivity (Wildman–Crippen MR) is 133 cm³/mol. The predicted octanol–water partition coefficient (Wildman–Crippen LogP) is 8.16. The number of benzene rings is 3. The number of aryl methyl sites for hydroxylation is 3. The highest BCUT2D eigenvalue weighted by atomic mass is 32.2. The first kappa shape index (κ1) is 37.3. The fourth-order valence-electron chi connectivity index (χ4n) is 3.63. The van der Waals surface area contributed by atoms with E-state index in [4.69, 9.17) is 0 Å². The van der Waals surface area contributed by atoms with E-state index in [-0.39, 0.29) is 10.9 Å². The smallest absolute Gasteiger partial charge is 0.478 e. The molecule has 3 aromatic rings. The van der Waals surface area contributed by atoms with Crippen LogP contribution in [0, 0.1) is 20.8 Å². The summed E-state index contributed by atoms with van der Waals surface area (Å²) in [6.45, 7) is 6.65. The molecule has 0 saturated heterocycles. The highest BCUT2D eigenvalue weighted by Crippen LogP contribution is 2.52. The molecule has 0 aliphatic rings. The second kappa shape index (κ2) is 13.2. The van der Waals surface area contributed by atoms with Gasteiger partial charge in [-0.2, -0.15) is 43.9 Å². The van der Waals surface area contributed by atoms with Gasteiger partial charge in [0.1, 0.15) is 0 Å². The molecule has 0 amide bonds. The summed E-state index contributed by atoms with van der Waals surface area (Å²) < 4.78 is 165. The van der Waals surface area contributed by atoms with Gasteiger partial charge in [0.15, 0.2) is 24.8 Å². The molecule has 3 aromatic carbocycles. The highest BCUT2D eigenvalue weighted by molar-refractivity contribution is 7.97. The topological polar surface area (TPSA) is 75.7 Å². The van der Waals surface area contributed by atoms with Crippen LogP contribution in [0.1, 0.15) is 16.7 Å². The highest BCUT2D eigenvalue weighted by Gasteiger charge is 2.80. The molecular formula is C26H21F11O5S2. The lowest BCUT2D eigenvalue weighted by atomic mass is 10.1. The minimum absolute atomic E-state index is 0.0460. The van der Waals surface area contributed by atoms with Gasteiger partial charge in [-0.1, -0.05) is 54.1 Å². The lowest BCUT2D eigenvalue weighted by Crippen LogP contribution is -2.62. The van der Waals surface area contributed by atoms with E-state index < -0.39 is 39.6 Å². The molecule has 18 heteroatoms. The summed E-state index contributed by atoms with van der Waals surface area (Å²) >= 11 is 0. The van der Waals surface area contributed by atoms with Gasteiger partial charge < -0.3 is 4.55 Å². The summed E-state index contributed by atoms with van der Waals surface area (Å²) in [5.74, 6) is -7.53. The number of rotatable bonds is 10. The Labute approximate surface area is 246 Å². The van der Waals surface area contributed by atoms with E-state index in [0.29, 0.717) is 0 Å². The lowest BCUT2D eigenvalue weighted by Gasteiger charge is -2.35. The van der Waals surface area contributed by atoms with Gasteiger partial charge in [0.2, 0.25) is 0 Å². The van der Waals surface area contributed by atoms with Gasteiger partial charge in [0.25, 0.3) is 0 Å². The minimum atomic E-state index is -7.57. The Balaban J connectivity index is 0.000000307. The maximum atomic E-state index is 12.6. The molecule has 3 rings (SSSR count). The molecule has 0 aliphatic heterocycles. The molecule has 0 bridgehead atoms. The van der Waals surface area contributed by atoms with E-state index in [9.17, 15) is 61.4 Å². The molecular weight excluding hydrogens is 665 g/mol. The second-order valence-electron chi connectivity index (χ2n) is 8.93. The van der Waals surface area contributed by atoms with Crippen LogP contribution in [0.5, 0.6) is 0 Å². The number of halogens is 11. The van der Waals surface area contributed by atoms with E-state index in [1.807, 2.05) is 0 Å². The summed E-state index contributed by atoms with van der Waals surface area (Å²) in [6, 6.07) is 26.3. The summed E-state index contributed by atoms with van der Waals surface area (Å²) in [7, 11) is -7.62. The van der Waals surface area contributed by atoms with Crippen molar-refractivity contribution in [2.75, 3.05) is 0 Å². The minimum Gasteiger partial charge on any atom is -0.743 e. The van der Waals surface area contributed by atoms with Crippen LogP contribution < -0.4 is 0 Å². The summed E-state index contributed by atoms with van der Waals surface area (Å²) in [4.78, 5) is 5.38. The van der Waals surface area contributed by atoms with Crippen LogP contribution in [-0.2, 0) is 30.7 Å². The normalized spacial score (nSPS) is 13.5. The Kier molecular flexibility index (Phi) is 11.2. The maximum Gasteiger partial charge on any atom is 0.478 e. The van der Waals surface area contributed by atoms with Crippen LogP contribution in [0.4, 0.5) is 48.4 Å². The zero-order valence-electron chi connectivity index (χ0n) is 22.4. The first-order chi connectivity index (χ1) is 19.9. The molecule has 0 spiro atoms. The molecule has 44 heavy (non-hydrogen) atoms. The van der Waals surface area contributed by atoms with Crippen molar-refractivity contribution in [2.45, 2.75) is 65.0 Å². The van der Waals surface area contributed by atoms with Gasteiger partial charge in [-0.3, -0.25) is 0 Å². The average Bonchev–Trinajstić information content (AvgIpc) is 2.90.